The van der Waals surface area contributed by atoms with Crippen LogP contribution in [0, 0.1) is 5.82 Å². The molecule has 0 atom stereocenters. The van der Waals surface area contributed by atoms with E-state index >= 15 is 0 Å². The molecule has 0 aromatic heterocycles. The molecule has 1 aromatic rings. The normalized spacial score (nSPS) is 11.7. The largest absolute Gasteiger partial charge is 0.382 e. The number of ether oxygens (including phenoxy) is 1. The van der Waals surface area contributed by atoms with Gasteiger partial charge < -0.3 is 4.74 Å². The molecule has 5 nitrogen and oxygen atoms in total. The molecule has 0 aliphatic carbocycles. The van der Waals surface area contributed by atoms with E-state index in [9.17, 15) is 12.8 Å². The first-order chi connectivity index (χ1) is 7.97. The van der Waals surface area contributed by atoms with Gasteiger partial charge in [-0.3, -0.25) is 4.84 Å². The maximum Gasteiger partial charge on any atom is 0.265 e. The van der Waals surface area contributed by atoms with Gasteiger partial charge >= 0.3 is 0 Å². The van der Waals surface area contributed by atoms with Crippen molar-refractivity contribution in [3.8, 4) is 0 Å². The number of hydrogen-bond donors (Lipinski definition) is 1. The molecule has 0 heterocycles. The molecule has 0 amide bonds. The standard InChI is InChI=1S/C9H11BrFNO4S/c1-15-4-5-16-12-17(13,14)9-3-2-7(10)6-8(9)11/h2-3,6,12H,4-5H2,1H3. The SMILES string of the molecule is COCCONS(=O)(=O)c1ccc(Br)cc1F. The fourth-order valence-corrected chi connectivity index (χ4v) is 2.21. The molecule has 1 aromatic carbocycles. The van der Waals surface area contributed by atoms with Gasteiger partial charge in [0.1, 0.15) is 10.7 Å². The fraction of sp³-hybridized carbons (Fsp3) is 0.333. The van der Waals surface area contributed by atoms with E-state index < -0.39 is 20.7 Å². The highest BCUT2D eigenvalue weighted by molar-refractivity contribution is 9.10. The van der Waals surface area contributed by atoms with Crippen molar-refractivity contribution in [2.24, 2.45) is 0 Å². The van der Waals surface area contributed by atoms with Gasteiger partial charge in [-0.25, -0.2) is 12.8 Å². The molecule has 0 fully saturated rings. The quantitative estimate of drug-likeness (QED) is 0.634. The zero-order chi connectivity index (χ0) is 12.9. The van der Waals surface area contributed by atoms with Crippen LogP contribution in [0.25, 0.3) is 0 Å². The fourth-order valence-electron chi connectivity index (χ4n) is 0.982. The lowest BCUT2D eigenvalue weighted by molar-refractivity contribution is 0.0437. The molecule has 17 heavy (non-hydrogen) atoms. The number of halogens is 2. The van der Waals surface area contributed by atoms with E-state index in [1.54, 1.807) is 0 Å². The summed E-state index contributed by atoms with van der Waals surface area (Å²) in [6.45, 7) is 0.263. The number of nitrogens with one attached hydrogen (secondary N) is 1. The van der Waals surface area contributed by atoms with Gasteiger partial charge in [-0.15, -0.1) is 0 Å². The van der Waals surface area contributed by atoms with Gasteiger partial charge in [-0.2, -0.15) is 0 Å². The van der Waals surface area contributed by atoms with E-state index in [1.165, 1.54) is 13.2 Å². The van der Waals surface area contributed by atoms with Crippen LogP contribution >= 0.6 is 15.9 Å². The van der Waals surface area contributed by atoms with Crippen LogP contribution in [0.3, 0.4) is 0 Å². The lowest BCUT2D eigenvalue weighted by Crippen LogP contribution is -2.26. The average molecular weight is 328 g/mol. The Morgan fingerprint density at radius 2 is 2.12 bits per heavy atom. The van der Waals surface area contributed by atoms with Crippen molar-refractivity contribution in [1.82, 2.24) is 4.89 Å². The third kappa shape index (κ3) is 4.32. The Bertz CT molecular complexity index is 480. The molecule has 1 N–H and O–H groups in total. The maximum absolute atomic E-state index is 13.4. The van der Waals surface area contributed by atoms with Crippen molar-refractivity contribution >= 4 is 26.0 Å². The van der Waals surface area contributed by atoms with Crippen LogP contribution in [-0.2, 0) is 19.6 Å². The predicted octanol–water partition coefficient (Wildman–Crippen LogP) is 1.44. The Labute approximate surface area is 107 Å². The van der Waals surface area contributed by atoms with E-state index in [-0.39, 0.29) is 13.2 Å². The number of methoxy groups -OCH3 is 1. The van der Waals surface area contributed by atoms with Gasteiger partial charge in [0.2, 0.25) is 0 Å². The van der Waals surface area contributed by atoms with Crippen molar-refractivity contribution in [3.05, 3.63) is 28.5 Å². The monoisotopic (exact) mass is 327 g/mol. The molecular weight excluding hydrogens is 317 g/mol. The average Bonchev–Trinajstić information content (AvgIpc) is 2.24. The summed E-state index contributed by atoms with van der Waals surface area (Å²) in [6.07, 6.45) is 0. The van der Waals surface area contributed by atoms with Crippen molar-refractivity contribution in [2.45, 2.75) is 4.90 Å². The molecule has 0 saturated carbocycles. The van der Waals surface area contributed by atoms with E-state index in [2.05, 4.69) is 25.5 Å². The molecule has 0 spiro atoms. The van der Waals surface area contributed by atoms with Crippen LogP contribution in [0.15, 0.2) is 27.6 Å². The summed E-state index contributed by atoms with van der Waals surface area (Å²) >= 11 is 3.03. The molecule has 0 unspecified atom stereocenters. The molecule has 0 radical (unpaired) electrons. The summed E-state index contributed by atoms with van der Waals surface area (Å²) < 4.78 is 41.7. The van der Waals surface area contributed by atoms with E-state index in [0.29, 0.717) is 4.47 Å². The number of hydrogen-bond acceptors (Lipinski definition) is 4. The lowest BCUT2D eigenvalue weighted by Gasteiger charge is -2.07. The van der Waals surface area contributed by atoms with Crippen LogP contribution in [0.5, 0.6) is 0 Å². The third-order valence-electron chi connectivity index (χ3n) is 1.74. The van der Waals surface area contributed by atoms with Gasteiger partial charge in [0, 0.05) is 11.6 Å². The van der Waals surface area contributed by atoms with Gasteiger partial charge in [0.05, 0.1) is 13.2 Å². The second-order valence-corrected chi connectivity index (χ2v) is 5.53. The van der Waals surface area contributed by atoms with E-state index in [1.807, 2.05) is 4.89 Å². The van der Waals surface area contributed by atoms with Gasteiger partial charge in [-0.1, -0.05) is 20.8 Å². The highest BCUT2D eigenvalue weighted by atomic mass is 79.9. The molecule has 0 bridgehead atoms. The second kappa shape index (κ2) is 6.41. The van der Waals surface area contributed by atoms with E-state index in [0.717, 1.165) is 12.1 Å². The molecule has 8 heteroatoms. The summed E-state index contributed by atoms with van der Waals surface area (Å²) in [5.74, 6) is -0.859. The summed E-state index contributed by atoms with van der Waals surface area (Å²) in [5, 5.41) is 0. The Morgan fingerprint density at radius 3 is 2.71 bits per heavy atom. The first kappa shape index (κ1) is 14.5. The first-order valence-corrected chi connectivity index (χ1v) is 6.82. The molecule has 1 rings (SSSR count). The molecule has 0 saturated heterocycles. The Morgan fingerprint density at radius 1 is 1.41 bits per heavy atom. The van der Waals surface area contributed by atoms with Crippen LogP contribution in [0.4, 0.5) is 4.39 Å². The van der Waals surface area contributed by atoms with Gasteiger partial charge in [0.15, 0.2) is 0 Å². The van der Waals surface area contributed by atoms with Gasteiger partial charge in [0.25, 0.3) is 10.0 Å². The van der Waals surface area contributed by atoms with Crippen LogP contribution in [0.1, 0.15) is 0 Å². The minimum Gasteiger partial charge on any atom is -0.382 e. The minimum absolute atomic E-state index is 0.0356. The highest BCUT2D eigenvalue weighted by Crippen LogP contribution is 2.19. The Balaban J connectivity index is 2.76. The molecular formula is C9H11BrFNO4S. The number of sulfonamides is 1. The van der Waals surface area contributed by atoms with E-state index in [4.69, 9.17) is 0 Å². The number of benzene rings is 1. The smallest absolute Gasteiger partial charge is 0.265 e. The number of rotatable bonds is 6. The zero-order valence-corrected chi connectivity index (χ0v) is 11.3. The topological polar surface area (TPSA) is 64.6 Å². The van der Waals surface area contributed by atoms with Crippen LogP contribution in [0.2, 0.25) is 0 Å². The third-order valence-corrected chi connectivity index (χ3v) is 3.48. The lowest BCUT2D eigenvalue weighted by atomic mass is 10.3. The van der Waals surface area contributed by atoms with Crippen LogP contribution in [-0.4, -0.2) is 28.7 Å². The second-order valence-electron chi connectivity index (χ2n) is 3.00. The predicted molar refractivity (Wildman–Crippen MR) is 62.2 cm³/mol. The summed E-state index contributed by atoms with van der Waals surface area (Å²) in [5.41, 5.74) is 0. The van der Waals surface area contributed by atoms with Crippen molar-refractivity contribution in [1.29, 1.82) is 0 Å². The molecule has 0 aliphatic rings. The summed E-state index contributed by atoms with van der Waals surface area (Å²) in [7, 11) is -2.56. The summed E-state index contributed by atoms with van der Waals surface area (Å²) in [4.78, 5) is 5.97. The van der Waals surface area contributed by atoms with Crippen LogP contribution < -0.4 is 4.89 Å². The van der Waals surface area contributed by atoms with Crippen molar-refractivity contribution in [3.63, 3.8) is 0 Å². The maximum atomic E-state index is 13.4. The first-order valence-electron chi connectivity index (χ1n) is 4.55. The van der Waals surface area contributed by atoms with Gasteiger partial charge in [-0.05, 0) is 18.2 Å². The zero-order valence-electron chi connectivity index (χ0n) is 8.94. The highest BCUT2D eigenvalue weighted by Gasteiger charge is 2.19. The molecule has 96 valence electrons. The van der Waals surface area contributed by atoms with Crippen molar-refractivity contribution < 1.29 is 22.4 Å². The Hall–Kier alpha value is -0.540. The Kier molecular flexibility index (Phi) is 5.47. The molecule has 0 aliphatic heterocycles. The summed E-state index contributed by atoms with van der Waals surface area (Å²) in [6, 6.07) is 3.62. The van der Waals surface area contributed by atoms with Crippen molar-refractivity contribution in [2.75, 3.05) is 20.3 Å². The minimum atomic E-state index is -4.01.